The lowest BCUT2D eigenvalue weighted by Crippen LogP contribution is -2.40. The molecule has 0 saturated carbocycles. The van der Waals surface area contributed by atoms with E-state index in [2.05, 4.69) is 5.32 Å². The molecule has 0 aromatic heterocycles. The van der Waals surface area contributed by atoms with Gasteiger partial charge in [0.25, 0.3) is 0 Å². The second kappa shape index (κ2) is 4.98. The molecule has 0 radical (unpaired) electrons. The first-order valence-electron chi connectivity index (χ1n) is 5.79. The number of Topliss-reactive ketones (excluding diaryl/α,β-unsaturated/α-hetero) is 1. The van der Waals surface area contributed by atoms with Crippen molar-refractivity contribution in [3.8, 4) is 0 Å². The second-order valence-corrected chi connectivity index (χ2v) is 6.48. The number of hydrogen-bond donors (Lipinski definition) is 1. The summed E-state index contributed by atoms with van der Waals surface area (Å²) < 4.78 is 0. The molecule has 0 aliphatic rings. The van der Waals surface area contributed by atoms with Crippen LogP contribution in [0.5, 0.6) is 0 Å². The smallest absolute Gasteiger partial charge is 0.225 e. The molecule has 0 heterocycles. The molecule has 0 fully saturated rings. The fourth-order valence-corrected chi connectivity index (χ4v) is 1.34. The Morgan fingerprint density at radius 2 is 1.44 bits per heavy atom. The van der Waals surface area contributed by atoms with E-state index in [-0.39, 0.29) is 23.0 Å². The molecule has 3 heteroatoms. The largest absolute Gasteiger partial charge is 0.355 e. The minimum atomic E-state index is -0.398. The average Bonchev–Trinajstić information content (AvgIpc) is 2.09. The van der Waals surface area contributed by atoms with Gasteiger partial charge in [-0.1, -0.05) is 48.5 Å². The summed E-state index contributed by atoms with van der Waals surface area (Å²) in [5, 5.41) is 2.82. The summed E-state index contributed by atoms with van der Waals surface area (Å²) >= 11 is 0. The minimum absolute atomic E-state index is 0.0129. The van der Waals surface area contributed by atoms with Gasteiger partial charge < -0.3 is 5.32 Å². The van der Waals surface area contributed by atoms with Crippen LogP contribution < -0.4 is 5.32 Å². The van der Waals surface area contributed by atoms with Gasteiger partial charge in [-0.15, -0.1) is 0 Å². The minimum Gasteiger partial charge on any atom is -0.355 e. The molecule has 0 unspecified atom stereocenters. The summed E-state index contributed by atoms with van der Waals surface area (Å²) in [7, 11) is 0. The van der Waals surface area contributed by atoms with Crippen LogP contribution in [-0.4, -0.2) is 18.2 Å². The van der Waals surface area contributed by atoms with E-state index >= 15 is 0 Å². The molecule has 0 rings (SSSR count). The quantitative estimate of drug-likeness (QED) is 0.804. The van der Waals surface area contributed by atoms with Crippen LogP contribution in [0.25, 0.3) is 0 Å². The Balaban J connectivity index is 4.25. The average molecular weight is 227 g/mol. The summed E-state index contributed by atoms with van der Waals surface area (Å²) in [6.45, 7) is 13.6. The van der Waals surface area contributed by atoms with Crippen molar-refractivity contribution in [3.05, 3.63) is 0 Å². The third kappa shape index (κ3) is 4.77. The summed E-state index contributed by atoms with van der Waals surface area (Å²) in [6.07, 6.45) is 0. The summed E-state index contributed by atoms with van der Waals surface area (Å²) in [6, 6.07) is 0. The summed E-state index contributed by atoms with van der Waals surface area (Å²) in [4.78, 5) is 23.5. The maximum absolute atomic E-state index is 11.9. The normalized spacial score (nSPS) is 14.4. The first-order chi connectivity index (χ1) is 6.96. The van der Waals surface area contributed by atoms with Crippen molar-refractivity contribution in [1.29, 1.82) is 0 Å². The second-order valence-electron chi connectivity index (χ2n) is 6.48. The Kier molecular flexibility index (Phi) is 4.71. The van der Waals surface area contributed by atoms with Gasteiger partial charge >= 0.3 is 0 Å². The number of amides is 1. The number of nitrogens with one attached hydrogen (secondary N) is 1. The molecule has 1 amide bonds. The van der Waals surface area contributed by atoms with Crippen molar-refractivity contribution in [2.75, 3.05) is 6.54 Å². The van der Waals surface area contributed by atoms with Crippen molar-refractivity contribution >= 4 is 11.7 Å². The molecule has 0 aromatic rings. The van der Waals surface area contributed by atoms with Crippen molar-refractivity contribution in [3.63, 3.8) is 0 Å². The zero-order valence-corrected chi connectivity index (χ0v) is 11.6. The molecule has 0 bridgehead atoms. The van der Waals surface area contributed by atoms with Crippen LogP contribution in [-0.2, 0) is 9.59 Å². The van der Waals surface area contributed by atoms with Crippen molar-refractivity contribution in [2.24, 2.45) is 16.7 Å². The number of rotatable bonds is 3. The first-order valence-corrected chi connectivity index (χ1v) is 5.79. The van der Waals surface area contributed by atoms with E-state index < -0.39 is 5.41 Å². The lowest BCUT2D eigenvalue weighted by molar-refractivity contribution is -0.131. The van der Waals surface area contributed by atoms with Gasteiger partial charge in [-0.25, -0.2) is 0 Å². The van der Waals surface area contributed by atoms with Gasteiger partial charge in [-0.2, -0.15) is 0 Å². The van der Waals surface area contributed by atoms with Gasteiger partial charge in [0.05, 0.1) is 0 Å². The molecule has 1 atom stereocenters. The summed E-state index contributed by atoms with van der Waals surface area (Å²) in [5.41, 5.74) is -0.740. The molecule has 0 aromatic carbocycles. The highest BCUT2D eigenvalue weighted by atomic mass is 16.2. The Labute approximate surface area is 99.0 Å². The molecular formula is C13H25NO2. The SMILES string of the molecule is C[C@@H](CNC(=O)C(C)(C)C)C(=O)C(C)(C)C. The number of hydrogen-bond acceptors (Lipinski definition) is 2. The topological polar surface area (TPSA) is 46.2 Å². The lowest BCUT2D eigenvalue weighted by Gasteiger charge is -2.24. The third-order valence-electron chi connectivity index (χ3n) is 2.44. The maximum atomic E-state index is 11.9. The Morgan fingerprint density at radius 1 is 1.00 bits per heavy atom. The van der Waals surface area contributed by atoms with E-state index in [1.54, 1.807) is 0 Å². The van der Waals surface area contributed by atoms with Gasteiger partial charge in [0.1, 0.15) is 5.78 Å². The number of carbonyl (C=O) groups excluding carboxylic acids is 2. The zero-order valence-electron chi connectivity index (χ0n) is 11.6. The van der Waals surface area contributed by atoms with Crippen LogP contribution in [0.15, 0.2) is 0 Å². The monoisotopic (exact) mass is 227 g/mol. The van der Waals surface area contributed by atoms with Gasteiger partial charge in [0.15, 0.2) is 0 Å². The van der Waals surface area contributed by atoms with E-state index in [0.717, 1.165) is 0 Å². The predicted molar refractivity (Wildman–Crippen MR) is 66.1 cm³/mol. The van der Waals surface area contributed by atoms with Gasteiger partial charge in [0.2, 0.25) is 5.91 Å². The molecule has 1 N–H and O–H groups in total. The third-order valence-corrected chi connectivity index (χ3v) is 2.44. The van der Waals surface area contributed by atoms with E-state index in [0.29, 0.717) is 6.54 Å². The van der Waals surface area contributed by atoms with Crippen LogP contribution in [0, 0.1) is 16.7 Å². The highest BCUT2D eigenvalue weighted by Crippen LogP contribution is 2.20. The molecule has 3 nitrogen and oxygen atoms in total. The summed E-state index contributed by atoms with van der Waals surface area (Å²) in [5.74, 6) is 0.0362. The Bertz CT molecular complexity index is 269. The van der Waals surface area contributed by atoms with E-state index in [9.17, 15) is 9.59 Å². The number of carbonyl (C=O) groups is 2. The number of ketones is 1. The highest BCUT2D eigenvalue weighted by Gasteiger charge is 2.28. The zero-order chi connectivity index (χ0) is 13.1. The molecule has 0 aliphatic carbocycles. The van der Waals surface area contributed by atoms with Crippen molar-refractivity contribution in [1.82, 2.24) is 5.32 Å². The van der Waals surface area contributed by atoms with E-state index in [1.807, 2.05) is 48.5 Å². The maximum Gasteiger partial charge on any atom is 0.225 e. The Hall–Kier alpha value is -0.860. The molecule has 0 saturated heterocycles. The molecule has 0 aliphatic heterocycles. The van der Waals surface area contributed by atoms with Gasteiger partial charge in [-0.3, -0.25) is 9.59 Å². The molecule has 94 valence electrons. The molecule has 16 heavy (non-hydrogen) atoms. The Morgan fingerprint density at radius 3 is 1.75 bits per heavy atom. The van der Waals surface area contributed by atoms with Crippen molar-refractivity contribution < 1.29 is 9.59 Å². The van der Waals surface area contributed by atoms with Crippen LogP contribution in [0.1, 0.15) is 48.5 Å². The van der Waals surface area contributed by atoms with E-state index in [1.165, 1.54) is 0 Å². The standard InChI is InChI=1S/C13H25NO2/c1-9(10(15)12(2,3)4)8-14-11(16)13(5,6)7/h9H,8H2,1-7H3,(H,14,16)/t9-/m0/s1. The van der Waals surface area contributed by atoms with Crippen molar-refractivity contribution in [2.45, 2.75) is 48.5 Å². The van der Waals surface area contributed by atoms with Gasteiger partial charge in [0, 0.05) is 23.3 Å². The van der Waals surface area contributed by atoms with Crippen LogP contribution in [0.2, 0.25) is 0 Å². The molecule has 0 spiro atoms. The van der Waals surface area contributed by atoms with Gasteiger partial charge in [-0.05, 0) is 0 Å². The fourth-order valence-electron chi connectivity index (χ4n) is 1.34. The predicted octanol–water partition coefficient (Wildman–Crippen LogP) is 2.40. The fraction of sp³-hybridized carbons (Fsp3) is 0.846. The highest BCUT2D eigenvalue weighted by molar-refractivity contribution is 5.87. The van der Waals surface area contributed by atoms with Crippen LogP contribution in [0.3, 0.4) is 0 Å². The lowest BCUT2D eigenvalue weighted by atomic mass is 9.83. The van der Waals surface area contributed by atoms with Crippen LogP contribution in [0.4, 0.5) is 0 Å². The first kappa shape index (κ1) is 15.1. The van der Waals surface area contributed by atoms with Crippen LogP contribution >= 0.6 is 0 Å². The van der Waals surface area contributed by atoms with E-state index in [4.69, 9.17) is 0 Å². The molecular weight excluding hydrogens is 202 g/mol.